The third kappa shape index (κ3) is 4.82. The van der Waals surface area contributed by atoms with Gasteiger partial charge in [-0.25, -0.2) is 4.98 Å². The van der Waals surface area contributed by atoms with Crippen molar-refractivity contribution in [1.82, 2.24) is 14.9 Å². The largest absolute Gasteiger partial charge is 0.356 e. The zero-order valence-corrected chi connectivity index (χ0v) is 17.2. The number of para-hydroxylation sites is 2. The van der Waals surface area contributed by atoms with Crippen LogP contribution in [0.5, 0.6) is 0 Å². The number of amides is 1. The molecule has 3 rings (SSSR count). The van der Waals surface area contributed by atoms with Crippen LogP contribution < -0.4 is 10.2 Å². The molecule has 0 radical (unpaired) electrons. The second-order valence-corrected chi connectivity index (χ2v) is 8.66. The maximum atomic E-state index is 12.6. The summed E-state index contributed by atoms with van der Waals surface area (Å²) in [5.74, 6) is 2.40. The standard InChI is InChI=1S/C22H34N4O/c1-16(2)11-13-26-20-10-6-5-9-19(20)24-22(26)25-12-7-8-18(15-25)21(27)23-14-17(3)4/h5-6,9-10,16-18H,7-8,11-15H2,1-4H3,(H,23,27)/t18-/m0/s1. The van der Waals surface area contributed by atoms with Crippen LogP contribution in [0.25, 0.3) is 11.0 Å². The van der Waals surface area contributed by atoms with Gasteiger partial charge in [-0.15, -0.1) is 0 Å². The van der Waals surface area contributed by atoms with Crippen molar-refractivity contribution in [2.75, 3.05) is 24.5 Å². The van der Waals surface area contributed by atoms with Crippen molar-refractivity contribution in [2.24, 2.45) is 17.8 Å². The molecule has 27 heavy (non-hydrogen) atoms. The van der Waals surface area contributed by atoms with Crippen LogP contribution >= 0.6 is 0 Å². The van der Waals surface area contributed by atoms with E-state index in [1.54, 1.807) is 0 Å². The number of carbonyl (C=O) groups excluding carboxylic acids is 1. The molecule has 1 fully saturated rings. The van der Waals surface area contributed by atoms with Gasteiger partial charge >= 0.3 is 0 Å². The van der Waals surface area contributed by atoms with Crippen LogP contribution in [0, 0.1) is 17.8 Å². The molecule has 5 nitrogen and oxygen atoms in total. The number of imidazole rings is 1. The Morgan fingerprint density at radius 1 is 1.22 bits per heavy atom. The highest BCUT2D eigenvalue weighted by Gasteiger charge is 2.28. The molecule has 1 atom stereocenters. The second-order valence-electron chi connectivity index (χ2n) is 8.66. The van der Waals surface area contributed by atoms with Crippen LogP contribution in [0.4, 0.5) is 5.95 Å². The average molecular weight is 371 g/mol. The Bertz CT molecular complexity index is 765. The van der Waals surface area contributed by atoms with Gasteiger partial charge in [0.05, 0.1) is 17.0 Å². The lowest BCUT2D eigenvalue weighted by Crippen LogP contribution is -2.44. The molecule has 2 aromatic rings. The molecule has 2 heterocycles. The van der Waals surface area contributed by atoms with E-state index in [-0.39, 0.29) is 11.8 Å². The first-order chi connectivity index (χ1) is 13.0. The summed E-state index contributed by atoms with van der Waals surface area (Å²) in [6.07, 6.45) is 3.12. The smallest absolute Gasteiger partial charge is 0.224 e. The summed E-state index contributed by atoms with van der Waals surface area (Å²) < 4.78 is 2.35. The number of piperidine rings is 1. The molecule has 0 saturated carbocycles. The van der Waals surface area contributed by atoms with Gasteiger partial charge in [-0.1, -0.05) is 39.8 Å². The van der Waals surface area contributed by atoms with Crippen LogP contribution in [-0.2, 0) is 11.3 Å². The number of aryl methyl sites for hydroxylation is 1. The molecule has 0 bridgehead atoms. The zero-order valence-electron chi connectivity index (χ0n) is 17.2. The van der Waals surface area contributed by atoms with Crippen LogP contribution in [-0.4, -0.2) is 35.1 Å². The topological polar surface area (TPSA) is 50.2 Å². The van der Waals surface area contributed by atoms with E-state index in [1.165, 1.54) is 5.52 Å². The van der Waals surface area contributed by atoms with Crippen molar-refractivity contribution >= 4 is 22.9 Å². The Balaban J connectivity index is 1.81. The van der Waals surface area contributed by atoms with E-state index in [1.807, 2.05) is 6.07 Å². The summed E-state index contributed by atoms with van der Waals surface area (Å²) in [7, 11) is 0. The van der Waals surface area contributed by atoms with Crippen molar-refractivity contribution < 1.29 is 4.79 Å². The van der Waals surface area contributed by atoms with E-state index in [4.69, 9.17) is 4.98 Å². The molecule has 148 valence electrons. The second kappa shape index (κ2) is 8.77. The van der Waals surface area contributed by atoms with Crippen molar-refractivity contribution in [1.29, 1.82) is 0 Å². The average Bonchev–Trinajstić information content (AvgIpc) is 3.03. The van der Waals surface area contributed by atoms with Crippen LogP contribution in [0.2, 0.25) is 0 Å². The Hall–Kier alpha value is -2.04. The fourth-order valence-electron chi connectivity index (χ4n) is 3.73. The van der Waals surface area contributed by atoms with Crippen molar-refractivity contribution in [3.8, 4) is 0 Å². The first kappa shape index (κ1) is 19.7. The molecule has 1 N–H and O–H groups in total. The molecule has 5 heteroatoms. The first-order valence-electron chi connectivity index (χ1n) is 10.4. The van der Waals surface area contributed by atoms with Crippen LogP contribution in [0.15, 0.2) is 24.3 Å². The molecule has 1 saturated heterocycles. The fourth-order valence-corrected chi connectivity index (χ4v) is 3.73. The van der Waals surface area contributed by atoms with Crippen LogP contribution in [0.3, 0.4) is 0 Å². The van der Waals surface area contributed by atoms with Gasteiger partial charge in [-0.3, -0.25) is 4.79 Å². The number of aromatic nitrogens is 2. The SMILES string of the molecule is CC(C)CCn1c(N2CCC[C@H](C(=O)NCC(C)C)C2)nc2ccccc21. The summed E-state index contributed by atoms with van der Waals surface area (Å²) in [6.45, 7) is 12.2. The van der Waals surface area contributed by atoms with E-state index in [9.17, 15) is 4.79 Å². The normalized spacial score (nSPS) is 17.9. The number of hydrogen-bond donors (Lipinski definition) is 1. The molecule has 1 amide bonds. The fraction of sp³-hybridized carbons (Fsp3) is 0.636. The lowest BCUT2D eigenvalue weighted by Gasteiger charge is -2.33. The minimum Gasteiger partial charge on any atom is -0.356 e. The van der Waals surface area contributed by atoms with Crippen LogP contribution in [0.1, 0.15) is 47.0 Å². The Kier molecular flexibility index (Phi) is 6.40. The molecule has 0 spiro atoms. The van der Waals surface area contributed by atoms with E-state index < -0.39 is 0 Å². The van der Waals surface area contributed by atoms with Gasteiger partial charge in [0, 0.05) is 26.2 Å². The minimum absolute atomic E-state index is 0.0517. The summed E-state index contributed by atoms with van der Waals surface area (Å²) in [4.78, 5) is 19.8. The lowest BCUT2D eigenvalue weighted by molar-refractivity contribution is -0.125. The highest BCUT2D eigenvalue weighted by atomic mass is 16.1. The number of anilines is 1. The van der Waals surface area contributed by atoms with Gasteiger partial charge in [-0.2, -0.15) is 0 Å². The first-order valence-corrected chi connectivity index (χ1v) is 10.4. The molecular weight excluding hydrogens is 336 g/mol. The summed E-state index contributed by atoms with van der Waals surface area (Å²) in [5, 5.41) is 3.11. The van der Waals surface area contributed by atoms with Gasteiger partial charge < -0.3 is 14.8 Å². The molecule has 0 unspecified atom stereocenters. The molecule has 0 aliphatic carbocycles. The van der Waals surface area contributed by atoms with E-state index in [0.29, 0.717) is 11.8 Å². The number of nitrogens with one attached hydrogen (secondary N) is 1. The van der Waals surface area contributed by atoms with E-state index >= 15 is 0 Å². The number of benzene rings is 1. The minimum atomic E-state index is 0.0517. The zero-order chi connectivity index (χ0) is 19.4. The van der Waals surface area contributed by atoms with Gasteiger partial charge in [-0.05, 0) is 43.2 Å². The third-order valence-corrected chi connectivity index (χ3v) is 5.32. The Morgan fingerprint density at radius 2 is 2.00 bits per heavy atom. The molecule has 1 aliphatic heterocycles. The maximum Gasteiger partial charge on any atom is 0.224 e. The lowest BCUT2D eigenvalue weighted by atomic mass is 9.97. The predicted octanol–water partition coefficient (Wildman–Crippen LogP) is 4.07. The predicted molar refractivity (Wildman–Crippen MR) is 112 cm³/mol. The molecule has 1 aromatic carbocycles. The van der Waals surface area contributed by atoms with E-state index in [0.717, 1.165) is 56.9 Å². The highest BCUT2D eigenvalue weighted by Crippen LogP contribution is 2.28. The summed E-state index contributed by atoms with van der Waals surface area (Å²) in [6, 6.07) is 8.37. The Morgan fingerprint density at radius 3 is 2.74 bits per heavy atom. The monoisotopic (exact) mass is 370 g/mol. The highest BCUT2D eigenvalue weighted by molar-refractivity contribution is 5.81. The molecule has 1 aromatic heterocycles. The van der Waals surface area contributed by atoms with Gasteiger partial charge in [0.1, 0.15) is 0 Å². The number of rotatable bonds is 7. The van der Waals surface area contributed by atoms with Gasteiger partial charge in [0.15, 0.2) is 0 Å². The molecule has 1 aliphatic rings. The maximum absolute atomic E-state index is 12.6. The summed E-state index contributed by atoms with van der Waals surface area (Å²) in [5.41, 5.74) is 2.24. The summed E-state index contributed by atoms with van der Waals surface area (Å²) >= 11 is 0. The van der Waals surface area contributed by atoms with Crippen molar-refractivity contribution in [3.05, 3.63) is 24.3 Å². The number of hydrogen-bond acceptors (Lipinski definition) is 3. The Labute approximate surface area is 163 Å². The third-order valence-electron chi connectivity index (χ3n) is 5.32. The van der Waals surface area contributed by atoms with Gasteiger partial charge in [0.2, 0.25) is 11.9 Å². The quantitative estimate of drug-likeness (QED) is 0.799. The molecular formula is C22H34N4O. The van der Waals surface area contributed by atoms with E-state index in [2.05, 4.69) is 60.7 Å². The van der Waals surface area contributed by atoms with Crippen molar-refractivity contribution in [3.63, 3.8) is 0 Å². The number of fused-ring (bicyclic) bond motifs is 1. The number of carbonyl (C=O) groups is 1. The van der Waals surface area contributed by atoms with Crippen molar-refractivity contribution in [2.45, 2.75) is 53.5 Å². The number of nitrogens with zero attached hydrogens (tertiary/aromatic N) is 3. The van der Waals surface area contributed by atoms with Gasteiger partial charge in [0.25, 0.3) is 0 Å².